The molecule has 0 N–H and O–H groups in total. The summed E-state index contributed by atoms with van der Waals surface area (Å²) in [5.41, 5.74) is 1.17. The second-order valence-corrected chi connectivity index (χ2v) is 13.8. The molecular formula is C28H35Cl2N3O3S. The third-order valence-electron chi connectivity index (χ3n) is 7.78. The van der Waals surface area contributed by atoms with Gasteiger partial charge in [0.15, 0.2) is 0 Å². The van der Waals surface area contributed by atoms with Gasteiger partial charge in [-0.15, -0.1) is 6.58 Å². The number of aromatic nitrogens is 1. The van der Waals surface area contributed by atoms with E-state index in [9.17, 15) is 13.2 Å². The van der Waals surface area contributed by atoms with Crippen LogP contribution in [0.3, 0.4) is 0 Å². The van der Waals surface area contributed by atoms with Crippen LogP contribution in [0.15, 0.2) is 55.4 Å². The molecule has 2 heterocycles. The number of carbonyl (C=O) groups excluding carboxylic acids is 1. The van der Waals surface area contributed by atoms with Crippen molar-refractivity contribution in [3.63, 3.8) is 0 Å². The smallest absolute Gasteiger partial charge is 0.229 e. The molecule has 1 saturated carbocycles. The third kappa shape index (κ3) is 5.75. The van der Waals surface area contributed by atoms with Crippen molar-refractivity contribution >= 4 is 39.1 Å². The summed E-state index contributed by atoms with van der Waals surface area (Å²) >= 11 is 12.6. The number of sulfonamides is 1. The lowest BCUT2D eigenvalue weighted by Crippen LogP contribution is -2.58. The molecule has 200 valence electrons. The highest BCUT2D eigenvalue weighted by atomic mass is 35.5. The molecule has 4 atom stereocenters. The largest absolute Gasteiger partial charge is 0.330 e. The van der Waals surface area contributed by atoms with Gasteiger partial charge in [-0.2, -0.15) is 0 Å². The van der Waals surface area contributed by atoms with Crippen LogP contribution in [0.2, 0.25) is 10.0 Å². The monoisotopic (exact) mass is 563 g/mol. The molecule has 9 heteroatoms. The average molecular weight is 565 g/mol. The summed E-state index contributed by atoms with van der Waals surface area (Å²) in [4.78, 5) is 20.6. The first-order valence-electron chi connectivity index (χ1n) is 12.8. The van der Waals surface area contributed by atoms with E-state index in [1.54, 1.807) is 19.3 Å². The Bertz CT molecular complexity index is 1250. The fourth-order valence-electron chi connectivity index (χ4n) is 5.62. The quantitative estimate of drug-likeness (QED) is 0.321. The Balaban J connectivity index is 1.85. The first kappa shape index (κ1) is 28.1. The van der Waals surface area contributed by atoms with E-state index < -0.39 is 15.4 Å². The second kappa shape index (κ2) is 11.0. The standard InChI is InChI=1S/C28H35Cl2N3O3S/c1-5-13-28(3)15-25(20-14-22(30)17-31-16-20)26(19-7-9-21(29)10-8-19)33(27(28)34)23(6-2)18-32(4)37(35,36)24-11-12-24/h5,7-10,14,16-17,23-26H,1,6,11-13,15,18H2,2-4H3/t23?,25-,26-,28+/m1/s1. The van der Waals surface area contributed by atoms with Crippen molar-refractivity contribution in [2.24, 2.45) is 5.41 Å². The molecule has 2 aromatic rings. The van der Waals surface area contributed by atoms with Crippen LogP contribution in [0.25, 0.3) is 0 Å². The van der Waals surface area contributed by atoms with E-state index in [2.05, 4.69) is 11.6 Å². The maximum atomic E-state index is 14.4. The van der Waals surface area contributed by atoms with Crippen LogP contribution in [-0.4, -0.2) is 53.4 Å². The minimum absolute atomic E-state index is 0.00246. The van der Waals surface area contributed by atoms with Crippen molar-refractivity contribution < 1.29 is 13.2 Å². The van der Waals surface area contributed by atoms with Crippen molar-refractivity contribution in [1.82, 2.24) is 14.2 Å². The van der Waals surface area contributed by atoms with E-state index >= 15 is 0 Å². The van der Waals surface area contributed by atoms with Crippen molar-refractivity contribution in [3.8, 4) is 0 Å². The summed E-state index contributed by atoms with van der Waals surface area (Å²) in [6, 6.07) is 8.80. The predicted molar refractivity (Wildman–Crippen MR) is 149 cm³/mol. The normalized spacial score (nSPS) is 25.4. The highest BCUT2D eigenvalue weighted by Crippen LogP contribution is 2.52. The molecule has 0 radical (unpaired) electrons. The summed E-state index contributed by atoms with van der Waals surface area (Å²) in [6.45, 7) is 8.14. The summed E-state index contributed by atoms with van der Waals surface area (Å²) < 4.78 is 27.5. The van der Waals surface area contributed by atoms with Crippen LogP contribution in [0.5, 0.6) is 0 Å². The zero-order valence-electron chi connectivity index (χ0n) is 21.6. The zero-order valence-corrected chi connectivity index (χ0v) is 23.9. The highest BCUT2D eigenvalue weighted by molar-refractivity contribution is 7.90. The molecule has 1 aliphatic heterocycles. The lowest BCUT2D eigenvalue weighted by molar-refractivity contribution is -0.154. The maximum Gasteiger partial charge on any atom is 0.229 e. The number of hydrogen-bond donors (Lipinski definition) is 0. The third-order valence-corrected chi connectivity index (χ3v) is 10.6. The minimum atomic E-state index is -3.39. The molecule has 1 aromatic carbocycles. The maximum absolute atomic E-state index is 14.4. The number of benzene rings is 1. The molecule has 6 nitrogen and oxygen atoms in total. The Hall–Kier alpha value is -1.93. The zero-order chi connectivity index (χ0) is 27.0. The SMILES string of the molecule is C=CC[C@@]1(C)C[C@H](c2cncc(Cl)c2)[C@@H](c2ccc(Cl)cc2)N(C(CC)CN(C)S(=O)(=O)C2CC2)C1=O. The lowest BCUT2D eigenvalue weighted by atomic mass is 9.67. The van der Waals surface area contributed by atoms with Crippen LogP contribution < -0.4 is 0 Å². The number of rotatable bonds is 10. The lowest BCUT2D eigenvalue weighted by Gasteiger charge is -2.52. The number of allylic oxidation sites excluding steroid dienone is 1. The predicted octanol–water partition coefficient (Wildman–Crippen LogP) is 6.23. The van der Waals surface area contributed by atoms with E-state index in [0.29, 0.717) is 42.1 Å². The van der Waals surface area contributed by atoms with Crippen molar-refractivity contribution in [1.29, 1.82) is 0 Å². The number of nitrogens with zero attached hydrogens (tertiary/aromatic N) is 3. The molecule has 1 unspecified atom stereocenters. The number of hydrogen-bond acceptors (Lipinski definition) is 4. The number of halogens is 2. The first-order valence-corrected chi connectivity index (χ1v) is 15.0. The summed E-state index contributed by atoms with van der Waals surface area (Å²) in [7, 11) is -1.76. The van der Waals surface area contributed by atoms with E-state index in [1.807, 2.05) is 55.3 Å². The van der Waals surface area contributed by atoms with Crippen molar-refractivity contribution in [3.05, 3.63) is 76.6 Å². The molecule has 1 aromatic heterocycles. The molecule has 4 rings (SSSR count). The molecule has 1 aliphatic carbocycles. The fourth-order valence-corrected chi connectivity index (χ4v) is 7.55. The molecule has 1 saturated heterocycles. The van der Waals surface area contributed by atoms with Gasteiger partial charge in [0.2, 0.25) is 15.9 Å². The number of amides is 1. The van der Waals surface area contributed by atoms with Crippen LogP contribution in [-0.2, 0) is 14.8 Å². The van der Waals surface area contributed by atoms with Gasteiger partial charge in [0.25, 0.3) is 0 Å². The Kier molecular flexibility index (Phi) is 8.39. The van der Waals surface area contributed by atoms with Gasteiger partial charge in [0.1, 0.15) is 0 Å². The van der Waals surface area contributed by atoms with E-state index in [0.717, 1.165) is 11.1 Å². The number of piperidine rings is 1. The molecule has 2 fully saturated rings. The minimum Gasteiger partial charge on any atom is -0.330 e. The number of likely N-dealkylation sites (N-methyl/N-ethyl adjacent to an activating group) is 1. The van der Waals surface area contributed by atoms with Gasteiger partial charge in [0, 0.05) is 43.0 Å². The van der Waals surface area contributed by atoms with Gasteiger partial charge in [0.05, 0.1) is 21.7 Å². The first-order chi connectivity index (χ1) is 17.5. The Morgan fingerprint density at radius 1 is 1.19 bits per heavy atom. The van der Waals surface area contributed by atoms with E-state index in [4.69, 9.17) is 23.2 Å². The Morgan fingerprint density at radius 2 is 1.86 bits per heavy atom. The van der Waals surface area contributed by atoms with Gasteiger partial charge in [-0.05, 0) is 61.4 Å². The number of carbonyl (C=O) groups is 1. The van der Waals surface area contributed by atoms with Crippen molar-refractivity contribution in [2.45, 2.75) is 69.2 Å². The van der Waals surface area contributed by atoms with Gasteiger partial charge >= 0.3 is 0 Å². The summed E-state index contributed by atoms with van der Waals surface area (Å²) in [6.07, 6.45) is 8.28. The van der Waals surface area contributed by atoms with Gasteiger partial charge in [-0.1, -0.05) is 55.3 Å². The summed E-state index contributed by atoms with van der Waals surface area (Å²) in [5.74, 6) is -0.114. The Labute approximate surface area is 230 Å². The Morgan fingerprint density at radius 3 is 2.43 bits per heavy atom. The molecule has 1 amide bonds. The van der Waals surface area contributed by atoms with Crippen LogP contribution in [0, 0.1) is 5.41 Å². The van der Waals surface area contributed by atoms with Crippen LogP contribution in [0.4, 0.5) is 0 Å². The van der Waals surface area contributed by atoms with Crippen LogP contribution >= 0.6 is 23.2 Å². The molecular weight excluding hydrogens is 529 g/mol. The van der Waals surface area contributed by atoms with Gasteiger partial charge in [-0.3, -0.25) is 9.78 Å². The van der Waals surface area contributed by atoms with E-state index in [-0.39, 0.29) is 35.7 Å². The number of likely N-dealkylation sites (tertiary alicyclic amines) is 1. The van der Waals surface area contributed by atoms with Gasteiger partial charge in [-0.25, -0.2) is 12.7 Å². The van der Waals surface area contributed by atoms with Crippen LogP contribution in [0.1, 0.15) is 69.0 Å². The molecule has 37 heavy (non-hydrogen) atoms. The van der Waals surface area contributed by atoms with Crippen molar-refractivity contribution in [2.75, 3.05) is 13.6 Å². The molecule has 0 bridgehead atoms. The molecule has 0 spiro atoms. The topological polar surface area (TPSA) is 70.6 Å². The van der Waals surface area contributed by atoms with Gasteiger partial charge < -0.3 is 4.90 Å². The molecule has 2 aliphatic rings. The van der Waals surface area contributed by atoms with E-state index in [1.165, 1.54) is 4.31 Å². The highest BCUT2D eigenvalue weighted by Gasteiger charge is 2.51. The summed E-state index contributed by atoms with van der Waals surface area (Å²) in [5, 5.41) is 0.830. The average Bonchev–Trinajstić information content (AvgIpc) is 3.71. The number of pyridine rings is 1. The second-order valence-electron chi connectivity index (χ2n) is 10.6. The fraction of sp³-hybridized carbons (Fsp3) is 0.500.